The van der Waals surface area contributed by atoms with E-state index in [1.54, 1.807) is 26.2 Å². The van der Waals surface area contributed by atoms with Crippen LogP contribution in [0.5, 0.6) is 0 Å². The molecule has 1 saturated heterocycles. The molecule has 0 bridgehead atoms. The van der Waals surface area contributed by atoms with Gasteiger partial charge in [-0.25, -0.2) is 4.79 Å². The van der Waals surface area contributed by atoms with E-state index in [-0.39, 0.29) is 17.8 Å². The van der Waals surface area contributed by atoms with Gasteiger partial charge < -0.3 is 20.4 Å². The molecule has 0 saturated carbocycles. The summed E-state index contributed by atoms with van der Waals surface area (Å²) in [4.78, 5) is 39.7. The lowest BCUT2D eigenvalue weighted by atomic mass is 10.1. The molecule has 0 atom stereocenters. The average Bonchev–Trinajstić information content (AvgIpc) is 3.12. The number of benzene rings is 2. The number of nitrogens with one attached hydrogen (secondary N) is 2. The number of carbonyl (C=O) groups excluding carboxylic acids is 3. The molecule has 0 spiro atoms. The second kappa shape index (κ2) is 9.43. The highest BCUT2D eigenvalue weighted by Crippen LogP contribution is 2.18. The molecule has 2 aromatic rings. The first-order chi connectivity index (χ1) is 14.3. The fourth-order valence-electron chi connectivity index (χ4n) is 3.43. The lowest BCUT2D eigenvalue weighted by molar-refractivity contribution is -0.128. The van der Waals surface area contributed by atoms with Gasteiger partial charge in [-0.2, -0.15) is 0 Å². The number of hydrogen-bond donors (Lipinski definition) is 2. The molecule has 1 aliphatic rings. The van der Waals surface area contributed by atoms with Gasteiger partial charge in [-0.3, -0.25) is 9.59 Å². The lowest BCUT2D eigenvalue weighted by Gasteiger charge is -2.16. The van der Waals surface area contributed by atoms with Gasteiger partial charge in [0.25, 0.3) is 5.91 Å². The van der Waals surface area contributed by atoms with Gasteiger partial charge in [0, 0.05) is 51.4 Å². The molecule has 7 nitrogen and oxygen atoms in total. The zero-order valence-corrected chi connectivity index (χ0v) is 17.7. The van der Waals surface area contributed by atoms with Crippen LogP contribution in [0.4, 0.5) is 10.5 Å². The molecule has 158 valence electrons. The fraction of sp³-hybridized carbons (Fsp3) is 0.348. The highest BCUT2D eigenvalue weighted by Gasteiger charge is 2.20. The summed E-state index contributed by atoms with van der Waals surface area (Å²) in [6.45, 7) is 3.65. The Morgan fingerprint density at radius 2 is 1.87 bits per heavy atom. The van der Waals surface area contributed by atoms with E-state index in [0.29, 0.717) is 30.8 Å². The molecule has 2 N–H and O–H groups in total. The zero-order valence-electron chi connectivity index (χ0n) is 17.7. The van der Waals surface area contributed by atoms with Crippen LogP contribution in [0.3, 0.4) is 0 Å². The smallest absolute Gasteiger partial charge is 0.319 e. The monoisotopic (exact) mass is 408 g/mol. The quantitative estimate of drug-likeness (QED) is 0.770. The number of urea groups is 1. The van der Waals surface area contributed by atoms with Crippen molar-refractivity contribution in [2.45, 2.75) is 32.9 Å². The first-order valence-electron chi connectivity index (χ1n) is 10.1. The largest absolute Gasteiger partial charge is 0.345 e. The standard InChI is InChI=1S/C23H28N4O3/c1-16-9-10-19(22(29)26(2)3)13-20(16)25-23(30)24-14-17-6-4-7-18(12-17)15-27-11-5-8-21(27)28/h4,6-7,9-10,12-13H,5,8,11,14-15H2,1-3H3,(H2,24,25,30). The Kier molecular flexibility index (Phi) is 6.72. The van der Waals surface area contributed by atoms with Gasteiger partial charge in [0.15, 0.2) is 0 Å². The molecule has 0 radical (unpaired) electrons. The van der Waals surface area contributed by atoms with Crippen molar-refractivity contribution in [2.24, 2.45) is 0 Å². The van der Waals surface area contributed by atoms with Gasteiger partial charge in [-0.05, 0) is 42.2 Å². The minimum Gasteiger partial charge on any atom is -0.345 e. The molecule has 1 aliphatic heterocycles. The van der Waals surface area contributed by atoms with Crippen LogP contribution in [-0.2, 0) is 17.9 Å². The van der Waals surface area contributed by atoms with Crippen LogP contribution in [0.25, 0.3) is 0 Å². The molecule has 0 aliphatic carbocycles. The summed E-state index contributed by atoms with van der Waals surface area (Å²) in [5.41, 5.74) is 4.00. The number of hydrogen-bond acceptors (Lipinski definition) is 3. The zero-order chi connectivity index (χ0) is 21.7. The molecule has 0 aromatic heterocycles. The Labute approximate surface area is 177 Å². The second-order valence-electron chi connectivity index (χ2n) is 7.78. The third-order valence-electron chi connectivity index (χ3n) is 5.13. The summed E-state index contributed by atoms with van der Waals surface area (Å²) in [5.74, 6) is 0.0787. The van der Waals surface area contributed by atoms with Crippen LogP contribution in [-0.4, -0.2) is 48.3 Å². The van der Waals surface area contributed by atoms with Gasteiger partial charge in [0.1, 0.15) is 0 Å². The fourth-order valence-corrected chi connectivity index (χ4v) is 3.43. The summed E-state index contributed by atoms with van der Waals surface area (Å²) >= 11 is 0. The Morgan fingerprint density at radius 3 is 2.57 bits per heavy atom. The average molecular weight is 409 g/mol. The molecule has 3 rings (SSSR count). The minimum absolute atomic E-state index is 0.119. The summed E-state index contributed by atoms with van der Waals surface area (Å²) in [5, 5.41) is 5.67. The van der Waals surface area contributed by atoms with Gasteiger partial charge in [0.2, 0.25) is 5.91 Å². The molecule has 7 heteroatoms. The number of carbonyl (C=O) groups is 3. The van der Waals surface area contributed by atoms with E-state index in [2.05, 4.69) is 10.6 Å². The second-order valence-corrected chi connectivity index (χ2v) is 7.78. The van der Waals surface area contributed by atoms with E-state index >= 15 is 0 Å². The first kappa shape index (κ1) is 21.4. The van der Waals surface area contributed by atoms with E-state index in [0.717, 1.165) is 29.7 Å². The first-order valence-corrected chi connectivity index (χ1v) is 10.1. The van der Waals surface area contributed by atoms with Gasteiger partial charge in [0.05, 0.1) is 0 Å². The number of rotatable bonds is 6. The van der Waals surface area contributed by atoms with Crippen molar-refractivity contribution in [3.63, 3.8) is 0 Å². The molecule has 1 heterocycles. The van der Waals surface area contributed by atoms with Crippen molar-refractivity contribution in [2.75, 3.05) is 26.0 Å². The van der Waals surface area contributed by atoms with Crippen LogP contribution in [0.15, 0.2) is 42.5 Å². The molecule has 0 unspecified atom stereocenters. The van der Waals surface area contributed by atoms with E-state index < -0.39 is 0 Å². The number of amides is 4. The van der Waals surface area contributed by atoms with Crippen LogP contribution < -0.4 is 10.6 Å². The summed E-state index contributed by atoms with van der Waals surface area (Å²) in [6.07, 6.45) is 1.54. The molecule has 2 aromatic carbocycles. The summed E-state index contributed by atoms with van der Waals surface area (Å²) in [7, 11) is 3.38. The van der Waals surface area contributed by atoms with Crippen LogP contribution in [0, 0.1) is 6.92 Å². The SMILES string of the molecule is Cc1ccc(C(=O)N(C)C)cc1NC(=O)NCc1cccc(CN2CCCC2=O)c1. The molecular formula is C23H28N4O3. The maximum absolute atomic E-state index is 12.4. The normalized spacial score (nSPS) is 13.3. The predicted molar refractivity (Wildman–Crippen MR) is 116 cm³/mol. The maximum Gasteiger partial charge on any atom is 0.319 e. The topological polar surface area (TPSA) is 81.8 Å². The minimum atomic E-state index is -0.340. The van der Waals surface area contributed by atoms with Crippen LogP contribution in [0.2, 0.25) is 0 Å². The van der Waals surface area contributed by atoms with E-state index in [9.17, 15) is 14.4 Å². The Bertz CT molecular complexity index is 955. The number of aryl methyl sites for hydroxylation is 1. The van der Waals surface area contributed by atoms with Gasteiger partial charge >= 0.3 is 6.03 Å². The Morgan fingerprint density at radius 1 is 1.10 bits per heavy atom. The number of nitrogens with zero attached hydrogens (tertiary/aromatic N) is 2. The van der Waals surface area contributed by atoms with E-state index in [1.807, 2.05) is 42.2 Å². The van der Waals surface area contributed by atoms with E-state index in [1.165, 1.54) is 4.90 Å². The molecular weight excluding hydrogens is 380 g/mol. The van der Waals surface area contributed by atoms with Crippen molar-refractivity contribution in [3.05, 3.63) is 64.7 Å². The van der Waals surface area contributed by atoms with Crippen molar-refractivity contribution in [1.82, 2.24) is 15.1 Å². The van der Waals surface area contributed by atoms with Crippen molar-refractivity contribution in [1.29, 1.82) is 0 Å². The number of anilines is 1. The third kappa shape index (κ3) is 5.37. The molecule has 4 amide bonds. The highest BCUT2D eigenvalue weighted by molar-refractivity contribution is 5.97. The van der Waals surface area contributed by atoms with Gasteiger partial charge in [-0.1, -0.05) is 30.3 Å². The van der Waals surface area contributed by atoms with Gasteiger partial charge in [-0.15, -0.1) is 0 Å². The predicted octanol–water partition coefficient (Wildman–Crippen LogP) is 3.14. The van der Waals surface area contributed by atoms with Crippen molar-refractivity contribution < 1.29 is 14.4 Å². The Balaban J connectivity index is 1.58. The molecule has 1 fully saturated rings. The third-order valence-corrected chi connectivity index (χ3v) is 5.13. The Hall–Kier alpha value is -3.35. The van der Waals surface area contributed by atoms with Crippen LogP contribution >= 0.6 is 0 Å². The highest BCUT2D eigenvalue weighted by atomic mass is 16.2. The molecule has 30 heavy (non-hydrogen) atoms. The lowest BCUT2D eigenvalue weighted by Crippen LogP contribution is -2.29. The van der Waals surface area contributed by atoms with Crippen molar-refractivity contribution >= 4 is 23.5 Å². The van der Waals surface area contributed by atoms with Crippen molar-refractivity contribution in [3.8, 4) is 0 Å². The maximum atomic E-state index is 12.4. The summed E-state index contributed by atoms with van der Waals surface area (Å²) in [6, 6.07) is 12.8. The van der Waals surface area contributed by atoms with Crippen LogP contribution in [0.1, 0.15) is 39.9 Å². The number of likely N-dealkylation sites (tertiary alicyclic amines) is 1. The van der Waals surface area contributed by atoms with E-state index in [4.69, 9.17) is 0 Å². The summed E-state index contributed by atoms with van der Waals surface area (Å²) < 4.78 is 0.